The van der Waals surface area contributed by atoms with Gasteiger partial charge in [-0.1, -0.05) is 44.2 Å². The Balaban J connectivity index is 1.28. The van der Waals surface area contributed by atoms with Crippen LogP contribution in [0.5, 0.6) is 11.5 Å². The molecule has 7 heteroatoms. The monoisotopic (exact) mass is 449 g/mol. The lowest BCUT2D eigenvalue weighted by atomic mass is 9.53. The molecule has 5 aliphatic heterocycles. The fourth-order valence-corrected chi connectivity index (χ4v) is 7.37. The Morgan fingerprint density at radius 3 is 2.15 bits per heavy atom. The van der Waals surface area contributed by atoms with E-state index in [0.29, 0.717) is 23.0 Å². The molecule has 0 radical (unpaired) electrons. The lowest BCUT2D eigenvalue weighted by Crippen LogP contribution is -2.79. The standard InChI is InChI=1S/C26H31N3O4/c1-25-12-28-14-26(2,21(25)16-8-6-5-7-9-16)15-29(13-25)24(28)27-22-17-10-11-18(31-3)20(32-4)19(17)23(30)33-22/h5-11,21-22,24,27H,12-15H2,1-4H3/t21?,22-,24?,25?,26?/m0/s1. The highest BCUT2D eigenvalue weighted by Crippen LogP contribution is 2.59. The Labute approximate surface area is 194 Å². The maximum atomic E-state index is 12.7. The SMILES string of the molecule is COc1ccc2c(c1OC)C(=O)O[C@@H]2NC1N2CC3(C)CN1CC(C)(C2)C3c1ccccc1. The molecule has 7 rings (SSSR count). The summed E-state index contributed by atoms with van der Waals surface area (Å²) in [4.78, 5) is 17.8. The predicted octanol–water partition coefficient (Wildman–Crippen LogP) is 3.19. The fourth-order valence-electron chi connectivity index (χ4n) is 7.37. The summed E-state index contributed by atoms with van der Waals surface area (Å²) in [6.45, 7) is 8.90. The summed E-state index contributed by atoms with van der Waals surface area (Å²) < 4.78 is 16.6. The first-order valence-corrected chi connectivity index (χ1v) is 11.6. The Kier molecular flexibility index (Phi) is 4.57. The van der Waals surface area contributed by atoms with E-state index >= 15 is 0 Å². The molecule has 0 saturated carbocycles. The number of rotatable bonds is 5. The van der Waals surface area contributed by atoms with Crippen LogP contribution in [0.15, 0.2) is 42.5 Å². The predicted molar refractivity (Wildman–Crippen MR) is 123 cm³/mol. The summed E-state index contributed by atoms with van der Waals surface area (Å²) in [6.07, 6.45) is -0.486. The number of hydrogen-bond donors (Lipinski definition) is 1. The van der Waals surface area contributed by atoms with Crippen LogP contribution >= 0.6 is 0 Å². The molecule has 4 saturated heterocycles. The molecule has 33 heavy (non-hydrogen) atoms. The Hall–Kier alpha value is -2.61. The Morgan fingerprint density at radius 1 is 0.939 bits per heavy atom. The van der Waals surface area contributed by atoms with Gasteiger partial charge in [-0.15, -0.1) is 0 Å². The van der Waals surface area contributed by atoms with Crippen LogP contribution in [0.25, 0.3) is 0 Å². The van der Waals surface area contributed by atoms with Crippen molar-refractivity contribution in [2.24, 2.45) is 10.8 Å². The van der Waals surface area contributed by atoms with Gasteiger partial charge in [-0.3, -0.25) is 9.80 Å². The molecule has 2 aromatic rings. The number of esters is 1. The van der Waals surface area contributed by atoms with Crippen LogP contribution in [-0.2, 0) is 4.74 Å². The van der Waals surface area contributed by atoms with E-state index in [-0.39, 0.29) is 23.1 Å². The van der Waals surface area contributed by atoms with Crippen molar-refractivity contribution in [1.82, 2.24) is 15.1 Å². The van der Waals surface area contributed by atoms with E-state index in [1.165, 1.54) is 5.56 Å². The third-order valence-corrected chi connectivity index (χ3v) is 8.07. The van der Waals surface area contributed by atoms with E-state index in [2.05, 4.69) is 59.3 Å². The minimum atomic E-state index is -0.514. The van der Waals surface area contributed by atoms with Crippen LogP contribution in [0.2, 0.25) is 0 Å². The number of ether oxygens (including phenoxy) is 3. The summed E-state index contributed by atoms with van der Waals surface area (Å²) in [5.74, 6) is 1.11. The third-order valence-electron chi connectivity index (χ3n) is 8.07. The summed E-state index contributed by atoms with van der Waals surface area (Å²) in [6, 6.07) is 14.7. The average Bonchev–Trinajstić information content (AvgIpc) is 3.10. The van der Waals surface area contributed by atoms with Crippen molar-refractivity contribution in [2.75, 3.05) is 40.4 Å². The highest BCUT2D eigenvalue weighted by molar-refractivity contribution is 5.98. The normalized spacial score (nSPS) is 38.2. The lowest BCUT2D eigenvalue weighted by molar-refractivity contribution is -0.221. The quantitative estimate of drug-likeness (QED) is 0.704. The van der Waals surface area contributed by atoms with Gasteiger partial charge in [0.15, 0.2) is 17.7 Å². The van der Waals surface area contributed by atoms with Crippen LogP contribution < -0.4 is 14.8 Å². The molecule has 0 amide bonds. The van der Waals surface area contributed by atoms with Gasteiger partial charge in [0, 0.05) is 42.6 Å². The molecule has 4 bridgehead atoms. The zero-order chi connectivity index (χ0) is 23.0. The van der Waals surface area contributed by atoms with Gasteiger partial charge in [0.2, 0.25) is 0 Å². The molecule has 0 spiro atoms. The van der Waals surface area contributed by atoms with Gasteiger partial charge >= 0.3 is 5.97 Å². The lowest BCUT2D eigenvalue weighted by Gasteiger charge is -2.69. The van der Waals surface area contributed by atoms with Crippen LogP contribution in [0.3, 0.4) is 0 Å². The third kappa shape index (κ3) is 2.95. The van der Waals surface area contributed by atoms with Gasteiger partial charge in [0.1, 0.15) is 11.9 Å². The number of hydrogen-bond acceptors (Lipinski definition) is 7. The number of benzene rings is 2. The molecule has 1 N–H and O–H groups in total. The zero-order valence-electron chi connectivity index (χ0n) is 19.6. The molecule has 7 nitrogen and oxygen atoms in total. The second kappa shape index (κ2) is 7.19. The summed E-state index contributed by atoms with van der Waals surface area (Å²) >= 11 is 0. The number of carbonyl (C=O) groups excluding carboxylic acids is 1. The van der Waals surface area contributed by atoms with Crippen molar-refractivity contribution >= 4 is 5.97 Å². The zero-order valence-corrected chi connectivity index (χ0v) is 19.6. The van der Waals surface area contributed by atoms with Gasteiger partial charge in [-0.25, -0.2) is 10.1 Å². The first kappa shape index (κ1) is 21.0. The van der Waals surface area contributed by atoms with Crippen LogP contribution in [0.1, 0.15) is 47.5 Å². The highest BCUT2D eigenvalue weighted by atomic mass is 16.6. The highest BCUT2D eigenvalue weighted by Gasteiger charge is 2.62. The largest absolute Gasteiger partial charge is 0.493 e. The van der Waals surface area contributed by atoms with E-state index < -0.39 is 6.23 Å². The van der Waals surface area contributed by atoms with Gasteiger partial charge in [0.05, 0.1) is 14.2 Å². The number of nitrogens with zero attached hydrogens (tertiary/aromatic N) is 2. The van der Waals surface area contributed by atoms with Gasteiger partial charge in [-0.05, 0) is 23.6 Å². The average molecular weight is 450 g/mol. The van der Waals surface area contributed by atoms with E-state index in [9.17, 15) is 4.79 Å². The van der Waals surface area contributed by atoms with Gasteiger partial charge in [0.25, 0.3) is 0 Å². The second-order valence-electron chi connectivity index (χ2n) is 10.6. The molecule has 1 atom stereocenters. The maximum Gasteiger partial charge on any atom is 0.344 e. The maximum absolute atomic E-state index is 12.7. The number of methoxy groups -OCH3 is 2. The minimum absolute atomic E-state index is 0.0275. The van der Waals surface area contributed by atoms with Gasteiger partial charge in [-0.2, -0.15) is 0 Å². The van der Waals surface area contributed by atoms with Crippen molar-refractivity contribution in [3.8, 4) is 11.5 Å². The van der Waals surface area contributed by atoms with Crippen molar-refractivity contribution in [2.45, 2.75) is 32.3 Å². The van der Waals surface area contributed by atoms with Crippen LogP contribution in [0.4, 0.5) is 0 Å². The number of nitrogens with one attached hydrogen (secondary N) is 1. The van der Waals surface area contributed by atoms with Crippen molar-refractivity contribution in [1.29, 1.82) is 0 Å². The summed E-state index contributed by atoms with van der Waals surface area (Å²) in [5.41, 5.74) is 3.05. The van der Waals surface area contributed by atoms with Crippen molar-refractivity contribution in [3.63, 3.8) is 0 Å². The summed E-state index contributed by atoms with van der Waals surface area (Å²) in [7, 11) is 3.12. The van der Waals surface area contributed by atoms with E-state index in [0.717, 1.165) is 31.7 Å². The smallest absolute Gasteiger partial charge is 0.344 e. The fraction of sp³-hybridized carbons (Fsp3) is 0.500. The number of piperidine rings is 2. The topological polar surface area (TPSA) is 63.3 Å². The molecule has 174 valence electrons. The number of fused-ring (bicyclic) bond motifs is 1. The van der Waals surface area contributed by atoms with Crippen LogP contribution in [-0.4, -0.2) is 62.5 Å². The summed E-state index contributed by atoms with van der Waals surface area (Å²) in [5, 5.41) is 3.64. The van der Waals surface area contributed by atoms with E-state index in [1.807, 2.05) is 12.1 Å². The second-order valence-corrected chi connectivity index (χ2v) is 10.6. The number of carbonyl (C=O) groups is 1. The molecule has 0 aliphatic carbocycles. The molecular formula is C26H31N3O4. The Morgan fingerprint density at radius 2 is 1.58 bits per heavy atom. The van der Waals surface area contributed by atoms with Crippen molar-refractivity contribution in [3.05, 3.63) is 59.2 Å². The molecule has 0 unspecified atom stereocenters. The molecule has 4 fully saturated rings. The molecule has 2 aromatic carbocycles. The first-order chi connectivity index (χ1) is 15.9. The number of cyclic esters (lactones) is 1. The molecule has 0 aromatic heterocycles. The van der Waals surface area contributed by atoms with E-state index in [4.69, 9.17) is 14.2 Å². The molecular weight excluding hydrogens is 418 g/mol. The van der Waals surface area contributed by atoms with E-state index in [1.54, 1.807) is 14.2 Å². The Bertz CT molecular complexity index is 1070. The van der Waals surface area contributed by atoms with Gasteiger partial charge < -0.3 is 14.2 Å². The minimum Gasteiger partial charge on any atom is -0.493 e. The van der Waals surface area contributed by atoms with Crippen molar-refractivity contribution < 1.29 is 19.0 Å². The van der Waals surface area contributed by atoms with Crippen LogP contribution in [0, 0.1) is 10.8 Å². The first-order valence-electron chi connectivity index (χ1n) is 11.6. The molecule has 5 heterocycles. The molecule has 5 aliphatic rings.